The van der Waals surface area contributed by atoms with Crippen molar-refractivity contribution in [2.45, 2.75) is 39.0 Å². The zero-order valence-corrected chi connectivity index (χ0v) is 11.6. The van der Waals surface area contributed by atoms with E-state index < -0.39 is 0 Å². The van der Waals surface area contributed by atoms with Gasteiger partial charge in [0.15, 0.2) is 5.78 Å². The number of ketones is 1. The zero-order chi connectivity index (χ0) is 13.5. The van der Waals surface area contributed by atoms with Gasteiger partial charge in [0.25, 0.3) is 0 Å². The first kappa shape index (κ1) is 14.1. The summed E-state index contributed by atoms with van der Waals surface area (Å²) in [4.78, 5) is 11.8. The maximum absolute atomic E-state index is 11.8. The second-order valence-corrected chi connectivity index (χ2v) is 4.91. The molecule has 0 aromatic heterocycles. The minimum atomic E-state index is 0.242. The molecule has 1 aliphatic rings. The Morgan fingerprint density at radius 1 is 1.16 bits per heavy atom. The van der Waals surface area contributed by atoms with Crippen molar-refractivity contribution in [3.8, 4) is 5.75 Å². The zero-order valence-electron chi connectivity index (χ0n) is 11.6. The highest BCUT2D eigenvalue weighted by Gasteiger charge is 2.17. The maximum atomic E-state index is 11.8. The third-order valence-corrected chi connectivity index (χ3v) is 3.37. The Morgan fingerprint density at radius 3 is 2.89 bits per heavy atom. The van der Waals surface area contributed by atoms with Crippen molar-refractivity contribution >= 4 is 5.78 Å². The van der Waals surface area contributed by atoms with Gasteiger partial charge in [-0.05, 0) is 37.0 Å². The summed E-state index contributed by atoms with van der Waals surface area (Å²) in [5.41, 5.74) is 2.00. The summed E-state index contributed by atoms with van der Waals surface area (Å²) < 4.78 is 11.1. The molecule has 3 nitrogen and oxygen atoms in total. The van der Waals surface area contributed by atoms with E-state index in [0.717, 1.165) is 49.2 Å². The number of benzene rings is 1. The molecule has 0 heterocycles. The van der Waals surface area contributed by atoms with E-state index >= 15 is 0 Å². The molecule has 1 aromatic carbocycles. The molecule has 3 heteroatoms. The standard InChI is InChI=1S/C16H22O3/c1-2-3-9-18-10-11-19-14-8-7-13-5-4-6-16(17)15(13)12-14/h7-8,12H,2-6,9-11H2,1H3. The average molecular weight is 262 g/mol. The highest BCUT2D eigenvalue weighted by atomic mass is 16.5. The van der Waals surface area contributed by atoms with Gasteiger partial charge in [0.1, 0.15) is 12.4 Å². The van der Waals surface area contributed by atoms with Crippen molar-refractivity contribution in [3.63, 3.8) is 0 Å². The number of Topliss-reactive ketones (excluding diaryl/α,β-unsaturated/α-hetero) is 1. The third-order valence-electron chi connectivity index (χ3n) is 3.37. The van der Waals surface area contributed by atoms with Crippen molar-refractivity contribution in [3.05, 3.63) is 29.3 Å². The molecule has 1 aromatic rings. The van der Waals surface area contributed by atoms with E-state index in [2.05, 4.69) is 6.92 Å². The van der Waals surface area contributed by atoms with Crippen molar-refractivity contribution in [2.24, 2.45) is 0 Å². The molecule has 0 radical (unpaired) electrons. The summed E-state index contributed by atoms with van der Waals surface area (Å²) >= 11 is 0. The smallest absolute Gasteiger partial charge is 0.163 e. The van der Waals surface area contributed by atoms with Crippen molar-refractivity contribution in [2.75, 3.05) is 19.8 Å². The minimum absolute atomic E-state index is 0.242. The number of carbonyl (C=O) groups is 1. The molecule has 0 spiro atoms. The van der Waals surface area contributed by atoms with E-state index in [1.807, 2.05) is 18.2 Å². The number of aryl methyl sites for hydroxylation is 1. The molecule has 0 atom stereocenters. The molecule has 0 bridgehead atoms. The summed E-state index contributed by atoms with van der Waals surface area (Å²) in [5.74, 6) is 1.01. The highest BCUT2D eigenvalue weighted by Crippen LogP contribution is 2.25. The number of ether oxygens (including phenoxy) is 2. The quantitative estimate of drug-likeness (QED) is 0.706. The van der Waals surface area contributed by atoms with Gasteiger partial charge in [0.05, 0.1) is 6.61 Å². The number of carbonyl (C=O) groups excluding carboxylic acids is 1. The maximum Gasteiger partial charge on any atom is 0.163 e. The van der Waals surface area contributed by atoms with Crippen molar-refractivity contribution in [1.82, 2.24) is 0 Å². The monoisotopic (exact) mass is 262 g/mol. The van der Waals surface area contributed by atoms with Gasteiger partial charge in [-0.25, -0.2) is 0 Å². The van der Waals surface area contributed by atoms with Crippen LogP contribution in [-0.2, 0) is 11.2 Å². The molecule has 0 saturated heterocycles. The van der Waals surface area contributed by atoms with Crippen LogP contribution in [0, 0.1) is 0 Å². The third kappa shape index (κ3) is 4.06. The summed E-state index contributed by atoms with van der Waals surface area (Å²) in [7, 11) is 0. The first-order valence-electron chi connectivity index (χ1n) is 7.18. The minimum Gasteiger partial charge on any atom is -0.491 e. The predicted octanol–water partition coefficient (Wildman–Crippen LogP) is 3.40. The lowest BCUT2D eigenvalue weighted by Gasteiger charge is -2.16. The van der Waals surface area contributed by atoms with Gasteiger partial charge in [-0.2, -0.15) is 0 Å². The largest absolute Gasteiger partial charge is 0.491 e. The van der Waals surface area contributed by atoms with E-state index in [1.165, 1.54) is 0 Å². The van der Waals surface area contributed by atoms with Crippen molar-refractivity contribution in [1.29, 1.82) is 0 Å². The number of fused-ring (bicyclic) bond motifs is 1. The Morgan fingerprint density at radius 2 is 2.05 bits per heavy atom. The Balaban J connectivity index is 1.81. The summed E-state index contributed by atoms with van der Waals surface area (Å²) in [6, 6.07) is 5.84. The molecule has 0 amide bonds. The molecular formula is C16H22O3. The van der Waals surface area contributed by atoms with Crippen LogP contribution in [0.15, 0.2) is 18.2 Å². The van der Waals surface area contributed by atoms with Crippen LogP contribution in [0.1, 0.15) is 48.5 Å². The van der Waals surface area contributed by atoms with Gasteiger partial charge in [-0.1, -0.05) is 19.4 Å². The Labute approximate surface area is 114 Å². The molecule has 19 heavy (non-hydrogen) atoms. The molecule has 0 saturated carbocycles. The lowest BCUT2D eigenvalue weighted by Crippen LogP contribution is -2.12. The highest BCUT2D eigenvalue weighted by molar-refractivity contribution is 5.98. The van der Waals surface area contributed by atoms with E-state index in [0.29, 0.717) is 19.6 Å². The van der Waals surface area contributed by atoms with E-state index in [4.69, 9.17) is 9.47 Å². The molecule has 0 unspecified atom stereocenters. The Hall–Kier alpha value is -1.35. The fourth-order valence-corrected chi connectivity index (χ4v) is 2.26. The summed E-state index contributed by atoms with van der Waals surface area (Å²) in [6.07, 6.45) is 4.87. The number of unbranched alkanes of at least 4 members (excludes halogenated alkanes) is 1. The molecule has 2 rings (SSSR count). The predicted molar refractivity (Wildman–Crippen MR) is 74.9 cm³/mol. The van der Waals surface area contributed by atoms with Gasteiger partial charge in [-0.3, -0.25) is 4.79 Å². The molecule has 104 valence electrons. The summed E-state index contributed by atoms with van der Waals surface area (Å²) in [6.45, 7) is 4.08. The lowest BCUT2D eigenvalue weighted by atomic mass is 9.90. The topological polar surface area (TPSA) is 35.5 Å². The van der Waals surface area contributed by atoms with Crippen molar-refractivity contribution < 1.29 is 14.3 Å². The second-order valence-electron chi connectivity index (χ2n) is 4.91. The summed E-state index contributed by atoms with van der Waals surface area (Å²) in [5, 5.41) is 0. The normalized spacial score (nSPS) is 14.3. The molecule has 0 aliphatic heterocycles. The first-order valence-corrected chi connectivity index (χ1v) is 7.18. The fraction of sp³-hybridized carbons (Fsp3) is 0.562. The molecule has 1 aliphatic carbocycles. The van der Waals surface area contributed by atoms with E-state index in [1.54, 1.807) is 0 Å². The number of hydrogen-bond donors (Lipinski definition) is 0. The van der Waals surface area contributed by atoms with Crippen LogP contribution in [0.2, 0.25) is 0 Å². The SMILES string of the molecule is CCCCOCCOc1ccc2c(c1)C(=O)CCC2. The molecule has 0 N–H and O–H groups in total. The van der Waals surface area contributed by atoms with Gasteiger partial charge < -0.3 is 9.47 Å². The van der Waals surface area contributed by atoms with Crippen LogP contribution in [0.25, 0.3) is 0 Å². The molecule has 0 fully saturated rings. The number of hydrogen-bond acceptors (Lipinski definition) is 3. The average Bonchev–Trinajstić information content (AvgIpc) is 2.43. The van der Waals surface area contributed by atoms with Crippen LogP contribution < -0.4 is 4.74 Å². The van der Waals surface area contributed by atoms with E-state index in [-0.39, 0.29) is 5.78 Å². The first-order chi connectivity index (χ1) is 9.31. The van der Waals surface area contributed by atoms with Gasteiger partial charge in [0, 0.05) is 18.6 Å². The van der Waals surface area contributed by atoms with Gasteiger partial charge in [0.2, 0.25) is 0 Å². The second kappa shape index (κ2) is 7.29. The van der Waals surface area contributed by atoms with Gasteiger partial charge >= 0.3 is 0 Å². The van der Waals surface area contributed by atoms with Crippen LogP contribution in [0.4, 0.5) is 0 Å². The van der Waals surface area contributed by atoms with Crippen LogP contribution in [-0.4, -0.2) is 25.6 Å². The fourth-order valence-electron chi connectivity index (χ4n) is 2.26. The van der Waals surface area contributed by atoms with Gasteiger partial charge in [-0.15, -0.1) is 0 Å². The van der Waals surface area contributed by atoms with Crippen LogP contribution in [0.3, 0.4) is 0 Å². The Bertz CT molecular complexity index is 426. The van der Waals surface area contributed by atoms with Crippen LogP contribution in [0.5, 0.6) is 5.75 Å². The molecular weight excluding hydrogens is 240 g/mol. The lowest BCUT2D eigenvalue weighted by molar-refractivity contribution is 0.0962. The van der Waals surface area contributed by atoms with Crippen LogP contribution >= 0.6 is 0 Å². The Kier molecular flexibility index (Phi) is 5.40. The number of rotatable bonds is 7. The van der Waals surface area contributed by atoms with E-state index in [9.17, 15) is 4.79 Å².